The number of rotatable bonds is 6. The average Bonchev–Trinajstić information content (AvgIpc) is 2.60. The fourth-order valence-corrected chi connectivity index (χ4v) is 2.21. The van der Waals surface area contributed by atoms with Crippen LogP contribution in [0.1, 0.15) is 11.1 Å². The van der Waals surface area contributed by atoms with Gasteiger partial charge in [-0.15, -0.1) is 0 Å². The molecular weight excluding hydrogens is 383 g/mol. The van der Waals surface area contributed by atoms with Gasteiger partial charge in [0.25, 0.3) is 0 Å². The fourth-order valence-electron chi connectivity index (χ4n) is 2.21. The monoisotopic (exact) mass is 397 g/mol. The van der Waals surface area contributed by atoms with Crippen LogP contribution in [0, 0.1) is 20.2 Å². The Kier molecular flexibility index (Phi) is 5.81. The summed E-state index contributed by atoms with van der Waals surface area (Å²) >= 11 is 0. The average molecular weight is 397 g/mol. The largest absolute Gasteiger partial charge is 0.416 e. The molecule has 0 saturated carbocycles. The van der Waals surface area contributed by atoms with Crippen molar-refractivity contribution in [2.45, 2.75) is 6.18 Å². The number of nitrogens with zero attached hydrogens (tertiary/aromatic N) is 4. The smallest absolute Gasteiger partial charge is 0.378 e. The lowest BCUT2D eigenvalue weighted by atomic mass is 10.1. The number of nitro benzene ring substituents is 2. The van der Waals surface area contributed by atoms with E-state index in [1.165, 1.54) is 6.21 Å². The Balaban J connectivity index is 2.40. The van der Waals surface area contributed by atoms with Crippen LogP contribution < -0.4 is 10.3 Å². The molecular formula is C16H14F3N5O4. The Bertz CT molecular complexity index is 892. The lowest BCUT2D eigenvalue weighted by molar-refractivity contribution is -0.392. The summed E-state index contributed by atoms with van der Waals surface area (Å²) in [6.07, 6.45) is -3.75. The van der Waals surface area contributed by atoms with E-state index in [0.29, 0.717) is 5.56 Å². The number of anilines is 2. The Morgan fingerprint density at radius 2 is 1.54 bits per heavy atom. The maximum atomic E-state index is 12.9. The molecule has 0 amide bonds. The second kappa shape index (κ2) is 7.90. The second-order valence-corrected chi connectivity index (χ2v) is 5.76. The lowest BCUT2D eigenvalue weighted by Gasteiger charge is -2.11. The summed E-state index contributed by atoms with van der Waals surface area (Å²) < 4.78 is 38.6. The molecule has 0 saturated heterocycles. The molecule has 0 spiro atoms. The van der Waals surface area contributed by atoms with Crippen molar-refractivity contribution in [2.75, 3.05) is 24.4 Å². The normalized spacial score (nSPS) is 11.5. The minimum atomic E-state index is -4.98. The van der Waals surface area contributed by atoms with Crippen molar-refractivity contribution in [3.05, 3.63) is 67.8 Å². The standard InChI is InChI=1S/C16H14F3N5O4/c1-22(2)12-5-3-10(4-6-12)9-20-21-15-13(23(25)26)7-11(16(17,18)19)8-14(15)24(27)28/h3-9,21H,1-2H3/b20-9-. The molecule has 0 aliphatic carbocycles. The predicted octanol–water partition coefficient (Wildman–Crippen LogP) is 4.03. The number of nitro groups is 2. The SMILES string of the molecule is CN(C)c1ccc(/C=N\Nc2c([N+](=O)[O-])cc(C(F)(F)F)cc2[N+](=O)[O-])cc1. The summed E-state index contributed by atoms with van der Waals surface area (Å²) in [5.74, 6) is 0. The first kappa shape index (κ1) is 20.6. The fraction of sp³-hybridized carbons (Fsp3) is 0.188. The van der Waals surface area contributed by atoms with Gasteiger partial charge in [-0.25, -0.2) is 0 Å². The third kappa shape index (κ3) is 4.72. The Labute approximate surface area is 156 Å². The zero-order valence-corrected chi connectivity index (χ0v) is 14.6. The molecule has 2 aromatic rings. The van der Waals surface area contributed by atoms with E-state index in [2.05, 4.69) is 10.5 Å². The third-order valence-electron chi connectivity index (χ3n) is 3.62. The number of halogens is 3. The number of nitrogens with one attached hydrogen (secondary N) is 1. The quantitative estimate of drug-likeness (QED) is 0.447. The number of benzene rings is 2. The van der Waals surface area contributed by atoms with E-state index in [9.17, 15) is 33.4 Å². The summed E-state index contributed by atoms with van der Waals surface area (Å²) in [5.41, 5.74) is -0.881. The number of alkyl halides is 3. The van der Waals surface area contributed by atoms with Gasteiger partial charge in [-0.3, -0.25) is 25.7 Å². The van der Waals surface area contributed by atoms with Gasteiger partial charge in [-0.2, -0.15) is 18.3 Å². The third-order valence-corrected chi connectivity index (χ3v) is 3.62. The van der Waals surface area contributed by atoms with Crippen molar-refractivity contribution in [1.29, 1.82) is 0 Å². The minimum absolute atomic E-state index is 0.219. The molecule has 12 heteroatoms. The zero-order chi connectivity index (χ0) is 21.1. The molecule has 2 rings (SSSR count). The van der Waals surface area contributed by atoms with Crippen molar-refractivity contribution in [3.8, 4) is 0 Å². The molecule has 0 aromatic heterocycles. The van der Waals surface area contributed by atoms with E-state index in [1.54, 1.807) is 24.3 Å². The summed E-state index contributed by atoms with van der Waals surface area (Å²) in [7, 11) is 3.68. The van der Waals surface area contributed by atoms with Gasteiger partial charge in [0.15, 0.2) is 0 Å². The highest BCUT2D eigenvalue weighted by atomic mass is 19.4. The first-order valence-electron chi connectivity index (χ1n) is 7.61. The molecule has 0 atom stereocenters. The van der Waals surface area contributed by atoms with Crippen LogP contribution >= 0.6 is 0 Å². The van der Waals surface area contributed by atoms with Crippen LogP contribution in [0.15, 0.2) is 41.5 Å². The molecule has 0 aliphatic rings. The van der Waals surface area contributed by atoms with E-state index < -0.39 is 38.6 Å². The highest BCUT2D eigenvalue weighted by molar-refractivity contribution is 5.82. The van der Waals surface area contributed by atoms with Gasteiger partial charge in [-0.1, -0.05) is 12.1 Å². The van der Waals surface area contributed by atoms with Crippen molar-refractivity contribution in [3.63, 3.8) is 0 Å². The van der Waals surface area contributed by atoms with Crippen LogP contribution in [-0.2, 0) is 6.18 Å². The van der Waals surface area contributed by atoms with Crippen LogP contribution in [0.4, 0.5) is 35.9 Å². The van der Waals surface area contributed by atoms with Gasteiger partial charge >= 0.3 is 17.6 Å². The highest BCUT2D eigenvalue weighted by Crippen LogP contribution is 2.41. The Hall–Kier alpha value is -3.70. The Morgan fingerprint density at radius 1 is 1.04 bits per heavy atom. The van der Waals surface area contributed by atoms with Crippen molar-refractivity contribution in [1.82, 2.24) is 0 Å². The second-order valence-electron chi connectivity index (χ2n) is 5.76. The molecule has 0 aliphatic heterocycles. The summed E-state index contributed by atoms with van der Waals surface area (Å²) in [6, 6.07) is 7.33. The number of hydrazone groups is 1. The number of hydrogen-bond donors (Lipinski definition) is 1. The lowest BCUT2D eigenvalue weighted by Crippen LogP contribution is -2.09. The van der Waals surface area contributed by atoms with Gasteiger partial charge < -0.3 is 4.90 Å². The maximum Gasteiger partial charge on any atom is 0.416 e. The van der Waals surface area contributed by atoms with Gasteiger partial charge in [0.05, 0.1) is 21.6 Å². The van der Waals surface area contributed by atoms with Gasteiger partial charge in [-0.05, 0) is 17.7 Å². The van der Waals surface area contributed by atoms with Gasteiger partial charge in [0.1, 0.15) is 0 Å². The van der Waals surface area contributed by atoms with Crippen LogP contribution in [-0.4, -0.2) is 30.2 Å². The van der Waals surface area contributed by atoms with Crippen LogP contribution in [0.2, 0.25) is 0 Å². The number of hydrogen-bond acceptors (Lipinski definition) is 7. The molecule has 0 fully saturated rings. The molecule has 148 valence electrons. The van der Waals surface area contributed by atoms with Crippen LogP contribution in [0.25, 0.3) is 0 Å². The maximum absolute atomic E-state index is 12.9. The molecule has 2 aromatic carbocycles. The molecule has 28 heavy (non-hydrogen) atoms. The summed E-state index contributed by atoms with van der Waals surface area (Å²) in [5, 5.41) is 25.9. The van der Waals surface area contributed by atoms with E-state index in [1.807, 2.05) is 19.0 Å². The van der Waals surface area contributed by atoms with E-state index >= 15 is 0 Å². The minimum Gasteiger partial charge on any atom is -0.378 e. The summed E-state index contributed by atoms with van der Waals surface area (Å²) in [6.45, 7) is 0. The first-order valence-corrected chi connectivity index (χ1v) is 7.61. The zero-order valence-electron chi connectivity index (χ0n) is 14.6. The van der Waals surface area contributed by atoms with Crippen LogP contribution in [0.3, 0.4) is 0 Å². The molecule has 0 heterocycles. The summed E-state index contributed by atoms with van der Waals surface area (Å²) in [4.78, 5) is 21.8. The Morgan fingerprint density at radius 3 is 1.93 bits per heavy atom. The predicted molar refractivity (Wildman–Crippen MR) is 96.7 cm³/mol. The molecule has 0 unspecified atom stereocenters. The molecule has 9 nitrogen and oxygen atoms in total. The molecule has 1 N–H and O–H groups in total. The van der Waals surface area contributed by atoms with Gasteiger partial charge in [0, 0.05) is 31.9 Å². The molecule has 0 bridgehead atoms. The molecule has 0 radical (unpaired) electrons. The first-order chi connectivity index (χ1) is 13.0. The van der Waals surface area contributed by atoms with E-state index in [4.69, 9.17) is 0 Å². The van der Waals surface area contributed by atoms with Crippen molar-refractivity contribution >= 4 is 29.0 Å². The topological polar surface area (TPSA) is 114 Å². The van der Waals surface area contributed by atoms with E-state index in [0.717, 1.165) is 5.69 Å². The highest BCUT2D eigenvalue weighted by Gasteiger charge is 2.37. The van der Waals surface area contributed by atoms with Crippen LogP contribution in [0.5, 0.6) is 0 Å². The van der Waals surface area contributed by atoms with Gasteiger partial charge in [0.2, 0.25) is 5.69 Å². The van der Waals surface area contributed by atoms with Crippen molar-refractivity contribution in [2.24, 2.45) is 5.10 Å². The van der Waals surface area contributed by atoms with E-state index in [-0.39, 0.29) is 12.1 Å². The van der Waals surface area contributed by atoms with Crippen molar-refractivity contribution < 1.29 is 23.0 Å².